The zero-order chi connectivity index (χ0) is 17.6. The Morgan fingerprint density at radius 3 is 2.60 bits per heavy atom. The number of amides is 1. The first-order valence-electron chi connectivity index (χ1n) is 8.83. The number of pyridine rings is 1. The van der Waals surface area contributed by atoms with E-state index < -0.39 is 0 Å². The molecule has 1 saturated carbocycles. The van der Waals surface area contributed by atoms with Crippen molar-refractivity contribution in [1.82, 2.24) is 10.3 Å². The second kappa shape index (κ2) is 8.01. The summed E-state index contributed by atoms with van der Waals surface area (Å²) in [7, 11) is 2.03. The quantitative estimate of drug-likeness (QED) is 0.802. The summed E-state index contributed by atoms with van der Waals surface area (Å²) >= 11 is 0. The molecular weight excluding hydrogens is 314 g/mol. The first-order chi connectivity index (χ1) is 12.2. The van der Waals surface area contributed by atoms with Gasteiger partial charge in [-0.1, -0.05) is 6.07 Å². The smallest absolute Gasteiger partial charge is 0.251 e. The predicted octanol–water partition coefficient (Wildman–Crippen LogP) is 3.26. The van der Waals surface area contributed by atoms with Gasteiger partial charge in [-0.2, -0.15) is 0 Å². The van der Waals surface area contributed by atoms with Crippen molar-refractivity contribution in [2.45, 2.75) is 26.3 Å². The molecule has 0 aliphatic heterocycles. The molecule has 0 bridgehead atoms. The highest BCUT2D eigenvalue weighted by molar-refractivity contribution is 5.94. The maximum absolute atomic E-state index is 12.3. The van der Waals surface area contributed by atoms with Gasteiger partial charge in [0.25, 0.3) is 5.91 Å². The number of rotatable bonds is 8. The van der Waals surface area contributed by atoms with Crippen molar-refractivity contribution in [2.75, 3.05) is 25.1 Å². The molecule has 1 amide bonds. The minimum atomic E-state index is -0.0836. The van der Waals surface area contributed by atoms with Gasteiger partial charge in [0, 0.05) is 43.7 Å². The molecule has 1 aromatic carbocycles. The van der Waals surface area contributed by atoms with Crippen LogP contribution in [0, 0.1) is 5.92 Å². The molecular formula is C20H25N3O2. The van der Waals surface area contributed by atoms with Crippen molar-refractivity contribution in [3.05, 3.63) is 53.7 Å². The number of benzene rings is 1. The van der Waals surface area contributed by atoms with E-state index in [9.17, 15) is 4.79 Å². The maximum atomic E-state index is 12.3. The molecule has 25 heavy (non-hydrogen) atoms. The monoisotopic (exact) mass is 339 g/mol. The Balaban J connectivity index is 1.49. The van der Waals surface area contributed by atoms with Crippen molar-refractivity contribution in [2.24, 2.45) is 5.92 Å². The van der Waals surface area contributed by atoms with Crippen LogP contribution in [-0.4, -0.2) is 31.1 Å². The largest absolute Gasteiger partial charge is 0.477 e. The van der Waals surface area contributed by atoms with E-state index in [1.807, 2.05) is 43.4 Å². The second-order valence-electron chi connectivity index (χ2n) is 6.50. The van der Waals surface area contributed by atoms with Gasteiger partial charge in [0.1, 0.15) is 0 Å². The number of nitrogens with one attached hydrogen (secondary N) is 1. The zero-order valence-corrected chi connectivity index (χ0v) is 14.9. The topological polar surface area (TPSA) is 54.5 Å². The van der Waals surface area contributed by atoms with Crippen molar-refractivity contribution < 1.29 is 9.53 Å². The lowest BCUT2D eigenvalue weighted by Gasteiger charge is -2.16. The van der Waals surface area contributed by atoms with Crippen molar-refractivity contribution in [3.63, 3.8) is 0 Å². The fraction of sp³-hybridized carbons (Fsp3) is 0.400. The van der Waals surface area contributed by atoms with Crippen molar-refractivity contribution in [1.29, 1.82) is 0 Å². The number of carbonyl (C=O) groups excluding carboxylic acids is 1. The summed E-state index contributed by atoms with van der Waals surface area (Å²) < 4.78 is 5.62. The van der Waals surface area contributed by atoms with Crippen LogP contribution in [0.2, 0.25) is 0 Å². The Morgan fingerprint density at radius 2 is 2.00 bits per heavy atom. The zero-order valence-electron chi connectivity index (χ0n) is 14.9. The van der Waals surface area contributed by atoms with Gasteiger partial charge in [-0.05, 0) is 55.5 Å². The predicted molar refractivity (Wildman–Crippen MR) is 99.0 cm³/mol. The maximum Gasteiger partial charge on any atom is 0.251 e. The van der Waals surface area contributed by atoms with E-state index >= 15 is 0 Å². The summed E-state index contributed by atoms with van der Waals surface area (Å²) in [6, 6.07) is 11.4. The van der Waals surface area contributed by atoms with Crippen LogP contribution in [-0.2, 0) is 6.54 Å². The summed E-state index contributed by atoms with van der Waals surface area (Å²) in [5.41, 5.74) is 2.71. The molecule has 1 heterocycles. The highest BCUT2D eigenvalue weighted by Gasteiger charge is 2.22. The standard InChI is InChI=1S/C20H25N3O2/c1-3-23(2)18-9-7-17(8-10-18)20(24)22-13-16-6-11-19(21-12-16)25-14-15-4-5-15/h6-12,15H,3-5,13-14H2,1-2H3,(H,22,24). The molecule has 0 spiro atoms. The molecule has 5 nitrogen and oxygen atoms in total. The molecule has 1 N–H and O–H groups in total. The van der Waals surface area contributed by atoms with Crippen LogP contribution in [0.25, 0.3) is 0 Å². The molecule has 1 aliphatic rings. The number of aromatic nitrogens is 1. The summed E-state index contributed by atoms with van der Waals surface area (Å²) in [6.45, 7) is 4.23. The van der Waals surface area contributed by atoms with Gasteiger partial charge in [-0.25, -0.2) is 4.98 Å². The average Bonchev–Trinajstić information content (AvgIpc) is 3.49. The van der Waals surface area contributed by atoms with Crippen LogP contribution >= 0.6 is 0 Å². The SMILES string of the molecule is CCN(C)c1ccc(C(=O)NCc2ccc(OCC3CC3)nc2)cc1. The summed E-state index contributed by atoms with van der Waals surface area (Å²) in [5, 5.41) is 2.92. The Bertz CT molecular complexity index is 694. The van der Waals surface area contributed by atoms with Crippen molar-refractivity contribution >= 4 is 11.6 Å². The molecule has 1 fully saturated rings. The minimum Gasteiger partial charge on any atom is -0.477 e. The molecule has 5 heteroatoms. The Kier molecular flexibility index (Phi) is 5.53. The molecule has 0 unspecified atom stereocenters. The molecule has 3 rings (SSSR count). The minimum absolute atomic E-state index is 0.0836. The van der Waals surface area contributed by atoms with Crippen LogP contribution in [0.5, 0.6) is 5.88 Å². The van der Waals surface area contributed by atoms with Crippen LogP contribution in [0.3, 0.4) is 0 Å². The number of ether oxygens (including phenoxy) is 1. The lowest BCUT2D eigenvalue weighted by atomic mass is 10.2. The van der Waals surface area contributed by atoms with E-state index in [2.05, 4.69) is 22.1 Å². The molecule has 0 saturated heterocycles. The Labute approximate surface area is 149 Å². The van der Waals surface area contributed by atoms with Gasteiger partial charge in [-0.3, -0.25) is 4.79 Å². The van der Waals surface area contributed by atoms with E-state index in [1.54, 1.807) is 6.20 Å². The third-order valence-electron chi connectivity index (χ3n) is 4.46. The van der Waals surface area contributed by atoms with E-state index in [0.29, 0.717) is 23.9 Å². The molecule has 1 aliphatic carbocycles. The van der Waals surface area contributed by atoms with Crippen LogP contribution in [0.4, 0.5) is 5.69 Å². The first-order valence-corrected chi connectivity index (χ1v) is 8.83. The summed E-state index contributed by atoms with van der Waals surface area (Å²) in [6.07, 6.45) is 4.28. The molecule has 0 atom stereocenters. The van der Waals surface area contributed by atoms with Gasteiger partial charge in [0.05, 0.1) is 6.61 Å². The van der Waals surface area contributed by atoms with Gasteiger partial charge >= 0.3 is 0 Å². The second-order valence-corrected chi connectivity index (χ2v) is 6.50. The molecule has 0 radical (unpaired) electrons. The normalized spacial score (nSPS) is 13.4. The van der Waals surface area contributed by atoms with E-state index in [1.165, 1.54) is 12.8 Å². The Morgan fingerprint density at radius 1 is 1.24 bits per heavy atom. The fourth-order valence-electron chi connectivity index (χ4n) is 2.42. The number of hydrogen-bond acceptors (Lipinski definition) is 4. The lowest BCUT2D eigenvalue weighted by molar-refractivity contribution is 0.0951. The molecule has 132 valence electrons. The number of anilines is 1. The average molecular weight is 339 g/mol. The van der Waals surface area contributed by atoms with Gasteiger partial charge in [0.15, 0.2) is 0 Å². The third-order valence-corrected chi connectivity index (χ3v) is 4.46. The van der Waals surface area contributed by atoms with Crippen LogP contribution in [0.15, 0.2) is 42.6 Å². The van der Waals surface area contributed by atoms with Crippen LogP contribution < -0.4 is 15.0 Å². The fourth-order valence-corrected chi connectivity index (χ4v) is 2.42. The molecule has 2 aromatic rings. The van der Waals surface area contributed by atoms with E-state index in [0.717, 1.165) is 24.4 Å². The van der Waals surface area contributed by atoms with Gasteiger partial charge in [-0.15, -0.1) is 0 Å². The van der Waals surface area contributed by atoms with Crippen LogP contribution in [0.1, 0.15) is 35.7 Å². The van der Waals surface area contributed by atoms with E-state index in [4.69, 9.17) is 4.74 Å². The lowest BCUT2D eigenvalue weighted by Crippen LogP contribution is -2.23. The highest BCUT2D eigenvalue weighted by Crippen LogP contribution is 2.29. The summed E-state index contributed by atoms with van der Waals surface area (Å²) in [4.78, 5) is 18.7. The Hall–Kier alpha value is -2.56. The molecule has 1 aromatic heterocycles. The third kappa shape index (κ3) is 4.95. The van der Waals surface area contributed by atoms with Crippen molar-refractivity contribution in [3.8, 4) is 5.88 Å². The van der Waals surface area contributed by atoms with E-state index in [-0.39, 0.29) is 5.91 Å². The van der Waals surface area contributed by atoms with Gasteiger partial charge < -0.3 is 15.0 Å². The highest BCUT2D eigenvalue weighted by atomic mass is 16.5. The summed E-state index contributed by atoms with van der Waals surface area (Å²) in [5.74, 6) is 1.28. The number of hydrogen-bond donors (Lipinski definition) is 1. The first kappa shape index (κ1) is 17.3. The number of nitrogens with zero attached hydrogens (tertiary/aromatic N) is 2. The van der Waals surface area contributed by atoms with Gasteiger partial charge in [0.2, 0.25) is 5.88 Å². The number of carbonyl (C=O) groups is 1.